The van der Waals surface area contributed by atoms with Crippen LogP contribution in [-0.4, -0.2) is 6.29 Å². The Bertz CT molecular complexity index is 628. The molecule has 20 heavy (non-hydrogen) atoms. The number of hydrogen-bond acceptors (Lipinski definition) is 2. The zero-order valence-electron chi connectivity index (χ0n) is 11.2. The van der Waals surface area contributed by atoms with Gasteiger partial charge < -0.3 is 4.74 Å². The summed E-state index contributed by atoms with van der Waals surface area (Å²) in [7, 11) is 0. The molecule has 0 radical (unpaired) electrons. The van der Waals surface area contributed by atoms with Gasteiger partial charge in [0.15, 0.2) is 0 Å². The first-order valence-corrected chi connectivity index (χ1v) is 6.14. The minimum Gasteiger partial charge on any atom is -0.488 e. The number of aryl methyl sites for hydroxylation is 2. The molecule has 0 fully saturated rings. The van der Waals surface area contributed by atoms with Crippen molar-refractivity contribution in [3.8, 4) is 5.75 Å². The number of ether oxygens (including phenoxy) is 1. The summed E-state index contributed by atoms with van der Waals surface area (Å²) in [5, 5.41) is 0. The number of aldehydes is 1. The predicted molar refractivity (Wildman–Crippen MR) is 72.0 cm³/mol. The maximum Gasteiger partial charge on any atom is 0.150 e. The van der Waals surface area contributed by atoms with Gasteiger partial charge in [0.1, 0.15) is 30.3 Å². The van der Waals surface area contributed by atoms with Gasteiger partial charge in [-0.2, -0.15) is 0 Å². The maximum atomic E-state index is 13.5. The number of hydrogen-bond donors (Lipinski definition) is 0. The van der Waals surface area contributed by atoms with E-state index in [9.17, 15) is 13.6 Å². The fraction of sp³-hybridized carbons (Fsp3) is 0.188. The van der Waals surface area contributed by atoms with Gasteiger partial charge in [-0.3, -0.25) is 4.79 Å². The lowest BCUT2D eigenvalue weighted by atomic mass is 10.1. The van der Waals surface area contributed by atoms with E-state index in [0.29, 0.717) is 11.3 Å². The average molecular weight is 276 g/mol. The number of carbonyl (C=O) groups is 1. The van der Waals surface area contributed by atoms with E-state index in [1.807, 2.05) is 0 Å². The molecule has 2 nitrogen and oxygen atoms in total. The van der Waals surface area contributed by atoms with Gasteiger partial charge in [0.2, 0.25) is 0 Å². The van der Waals surface area contributed by atoms with Crippen LogP contribution in [-0.2, 0) is 6.61 Å². The second kappa shape index (κ2) is 5.82. The molecule has 2 aromatic rings. The number of halogens is 2. The van der Waals surface area contributed by atoms with Crippen LogP contribution in [0.3, 0.4) is 0 Å². The van der Waals surface area contributed by atoms with Crippen LogP contribution in [0.4, 0.5) is 8.78 Å². The Morgan fingerprint density at radius 2 is 1.75 bits per heavy atom. The van der Waals surface area contributed by atoms with Crippen molar-refractivity contribution in [2.24, 2.45) is 0 Å². The highest BCUT2D eigenvalue weighted by Crippen LogP contribution is 2.25. The lowest BCUT2D eigenvalue weighted by Crippen LogP contribution is -2.02. The highest BCUT2D eigenvalue weighted by molar-refractivity contribution is 5.76. The highest BCUT2D eigenvalue weighted by Gasteiger charge is 2.09. The average Bonchev–Trinajstić information content (AvgIpc) is 2.41. The molecule has 0 unspecified atom stereocenters. The molecule has 0 saturated carbocycles. The summed E-state index contributed by atoms with van der Waals surface area (Å²) in [6, 6.07) is 6.63. The summed E-state index contributed by atoms with van der Waals surface area (Å²) in [5.74, 6) is -0.430. The van der Waals surface area contributed by atoms with Crippen molar-refractivity contribution in [3.05, 3.63) is 64.2 Å². The van der Waals surface area contributed by atoms with Gasteiger partial charge in [-0.1, -0.05) is 0 Å². The number of rotatable bonds is 4. The van der Waals surface area contributed by atoms with E-state index in [1.165, 1.54) is 0 Å². The zero-order chi connectivity index (χ0) is 14.7. The first kappa shape index (κ1) is 14.2. The molecular formula is C16H14F2O2. The lowest BCUT2D eigenvalue weighted by Gasteiger charge is -2.13. The molecule has 0 spiro atoms. The molecule has 104 valence electrons. The van der Waals surface area contributed by atoms with Crippen molar-refractivity contribution in [1.29, 1.82) is 0 Å². The highest BCUT2D eigenvalue weighted by atomic mass is 19.1. The molecule has 0 aromatic heterocycles. The van der Waals surface area contributed by atoms with Crippen LogP contribution in [0.2, 0.25) is 0 Å². The SMILES string of the molecule is Cc1cc(C=O)cc(C)c1OCc1cc(F)ccc1F. The summed E-state index contributed by atoms with van der Waals surface area (Å²) in [6.07, 6.45) is 0.760. The Morgan fingerprint density at radius 1 is 1.10 bits per heavy atom. The third kappa shape index (κ3) is 3.02. The van der Waals surface area contributed by atoms with Gasteiger partial charge in [-0.25, -0.2) is 8.78 Å². The van der Waals surface area contributed by atoms with Crippen LogP contribution in [0, 0.1) is 25.5 Å². The van der Waals surface area contributed by atoms with Crippen molar-refractivity contribution in [1.82, 2.24) is 0 Å². The van der Waals surface area contributed by atoms with Crippen LogP contribution in [0.5, 0.6) is 5.75 Å². The van der Waals surface area contributed by atoms with Gasteiger partial charge >= 0.3 is 0 Å². The molecule has 2 aromatic carbocycles. The van der Waals surface area contributed by atoms with Crippen molar-refractivity contribution >= 4 is 6.29 Å². The second-order valence-electron chi connectivity index (χ2n) is 4.63. The summed E-state index contributed by atoms with van der Waals surface area (Å²) in [6.45, 7) is 3.54. The van der Waals surface area contributed by atoms with Crippen molar-refractivity contribution < 1.29 is 18.3 Å². The Labute approximate surface area is 116 Å². The van der Waals surface area contributed by atoms with Gasteiger partial charge in [-0.15, -0.1) is 0 Å². The zero-order valence-corrected chi connectivity index (χ0v) is 11.2. The van der Waals surface area contributed by atoms with Crippen LogP contribution in [0.25, 0.3) is 0 Å². The van der Waals surface area contributed by atoms with Gasteiger partial charge in [-0.05, 0) is 55.3 Å². The van der Waals surface area contributed by atoms with E-state index in [4.69, 9.17) is 4.74 Å². The van der Waals surface area contributed by atoms with E-state index in [2.05, 4.69) is 0 Å². The molecule has 0 aliphatic heterocycles. The van der Waals surface area contributed by atoms with Gasteiger partial charge in [0, 0.05) is 11.1 Å². The smallest absolute Gasteiger partial charge is 0.150 e. The van der Waals surface area contributed by atoms with Gasteiger partial charge in [0.25, 0.3) is 0 Å². The van der Waals surface area contributed by atoms with Gasteiger partial charge in [0.05, 0.1) is 0 Å². The normalized spacial score (nSPS) is 10.4. The monoisotopic (exact) mass is 276 g/mol. The molecule has 0 amide bonds. The molecule has 0 aliphatic rings. The molecule has 0 saturated heterocycles. The first-order valence-electron chi connectivity index (χ1n) is 6.14. The van der Waals surface area contributed by atoms with Crippen LogP contribution in [0.15, 0.2) is 30.3 Å². The lowest BCUT2D eigenvalue weighted by molar-refractivity contribution is 0.112. The molecule has 2 rings (SSSR count). The number of benzene rings is 2. The van der Waals surface area contributed by atoms with Crippen LogP contribution < -0.4 is 4.74 Å². The van der Waals surface area contributed by atoms with Crippen LogP contribution >= 0.6 is 0 Å². The fourth-order valence-electron chi connectivity index (χ4n) is 2.08. The molecular weight excluding hydrogens is 262 g/mol. The Balaban J connectivity index is 2.23. The Kier molecular flexibility index (Phi) is 4.13. The Morgan fingerprint density at radius 3 is 2.35 bits per heavy atom. The molecule has 0 atom stereocenters. The third-order valence-electron chi connectivity index (χ3n) is 3.00. The van der Waals surface area contributed by atoms with Crippen molar-refractivity contribution in [2.45, 2.75) is 20.5 Å². The van der Waals surface area contributed by atoms with Crippen LogP contribution in [0.1, 0.15) is 27.0 Å². The molecule has 0 bridgehead atoms. The molecule has 0 N–H and O–H groups in total. The van der Waals surface area contributed by atoms with E-state index >= 15 is 0 Å². The standard InChI is InChI=1S/C16H14F2O2/c1-10-5-12(8-19)6-11(2)16(10)20-9-13-7-14(17)3-4-15(13)18/h3-8H,9H2,1-2H3. The molecule has 0 heterocycles. The largest absolute Gasteiger partial charge is 0.488 e. The summed E-state index contributed by atoms with van der Waals surface area (Å²) >= 11 is 0. The third-order valence-corrected chi connectivity index (χ3v) is 3.00. The topological polar surface area (TPSA) is 26.3 Å². The molecule has 0 aliphatic carbocycles. The summed E-state index contributed by atoms with van der Waals surface area (Å²) < 4.78 is 32.1. The minimum atomic E-state index is -0.508. The van der Waals surface area contributed by atoms with Crippen molar-refractivity contribution in [2.75, 3.05) is 0 Å². The van der Waals surface area contributed by atoms with E-state index in [-0.39, 0.29) is 12.2 Å². The fourth-order valence-corrected chi connectivity index (χ4v) is 2.08. The van der Waals surface area contributed by atoms with E-state index in [0.717, 1.165) is 35.6 Å². The quantitative estimate of drug-likeness (QED) is 0.790. The minimum absolute atomic E-state index is 0.0638. The second-order valence-corrected chi connectivity index (χ2v) is 4.63. The Hall–Kier alpha value is -2.23. The number of carbonyl (C=O) groups excluding carboxylic acids is 1. The predicted octanol–water partition coefficient (Wildman–Crippen LogP) is 3.97. The van der Waals surface area contributed by atoms with E-state index < -0.39 is 11.6 Å². The summed E-state index contributed by atoms with van der Waals surface area (Å²) in [5.41, 5.74) is 2.28. The maximum absolute atomic E-state index is 13.5. The van der Waals surface area contributed by atoms with E-state index in [1.54, 1.807) is 26.0 Å². The van der Waals surface area contributed by atoms with Crippen molar-refractivity contribution in [3.63, 3.8) is 0 Å². The summed E-state index contributed by atoms with van der Waals surface area (Å²) in [4.78, 5) is 10.8. The molecule has 4 heteroatoms. The first-order chi connectivity index (χ1) is 9.51.